The molecule has 1 fully saturated rings. The van der Waals surface area contributed by atoms with Crippen molar-refractivity contribution in [1.29, 1.82) is 0 Å². The summed E-state index contributed by atoms with van der Waals surface area (Å²) < 4.78 is 5.12. The highest BCUT2D eigenvalue weighted by Crippen LogP contribution is 2.06. The minimum Gasteiger partial charge on any atom is -0.447 e. The molecule has 76 valence electrons. The van der Waals surface area contributed by atoms with Gasteiger partial charge in [0.2, 0.25) is 0 Å². The molecule has 4 nitrogen and oxygen atoms in total. The van der Waals surface area contributed by atoms with Gasteiger partial charge in [0.15, 0.2) is 0 Å². The Balaban J connectivity index is 2.44. The third-order valence-corrected chi connectivity index (χ3v) is 2.07. The van der Waals surface area contributed by atoms with Crippen LogP contribution >= 0.6 is 0 Å². The predicted molar refractivity (Wildman–Crippen MR) is 50.7 cm³/mol. The maximum absolute atomic E-state index is 11.5. The maximum Gasteiger partial charge on any atom is 0.410 e. The van der Waals surface area contributed by atoms with E-state index >= 15 is 0 Å². The maximum atomic E-state index is 11.5. The fourth-order valence-electron chi connectivity index (χ4n) is 1.38. The molecule has 0 aliphatic carbocycles. The van der Waals surface area contributed by atoms with Gasteiger partial charge in [0.05, 0.1) is 6.10 Å². The third-order valence-electron chi connectivity index (χ3n) is 2.07. The van der Waals surface area contributed by atoms with Gasteiger partial charge in [0, 0.05) is 25.7 Å². The molecule has 4 heteroatoms. The molecule has 1 amide bonds. The molecule has 1 atom stereocenters. The molecule has 0 aromatic rings. The topological polar surface area (TPSA) is 41.6 Å². The van der Waals surface area contributed by atoms with E-state index in [4.69, 9.17) is 4.74 Å². The van der Waals surface area contributed by atoms with Crippen molar-refractivity contribution >= 4 is 6.09 Å². The summed E-state index contributed by atoms with van der Waals surface area (Å²) in [7, 11) is 0. The van der Waals surface area contributed by atoms with Crippen molar-refractivity contribution in [3.8, 4) is 0 Å². The Morgan fingerprint density at radius 3 is 2.85 bits per heavy atom. The van der Waals surface area contributed by atoms with Crippen LogP contribution in [0.2, 0.25) is 0 Å². The van der Waals surface area contributed by atoms with Gasteiger partial charge in [-0.2, -0.15) is 0 Å². The zero-order valence-corrected chi connectivity index (χ0v) is 8.54. The van der Waals surface area contributed by atoms with E-state index in [9.17, 15) is 4.79 Å². The summed E-state index contributed by atoms with van der Waals surface area (Å²) in [5.41, 5.74) is 0. The molecule has 1 aliphatic rings. The normalized spacial score (nSPS) is 23.4. The summed E-state index contributed by atoms with van der Waals surface area (Å²) in [6, 6.07) is 0.236. The molecule has 0 bridgehead atoms. The Kier molecular flexibility index (Phi) is 3.54. The van der Waals surface area contributed by atoms with Crippen LogP contribution in [-0.2, 0) is 4.74 Å². The molecule has 1 N–H and O–H groups in total. The molecule has 0 unspecified atom stereocenters. The second-order valence-electron chi connectivity index (χ2n) is 3.68. The molecule has 13 heavy (non-hydrogen) atoms. The van der Waals surface area contributed by atoms with E-state index in [1.165, 1.54) is 0 Å². The number of hydrogen-bond donors (Lipinski definition) is 1. The average Bonchev–Trinajstić information content (AvgIpc) is 2.03. The lowest BCUT2D eigenvalue weighted by Gasteiger charge is -2.33. The van der Waals surface area contributed by atoms with Crippen LogP contribution < -0.4 is 5.32 Å². The number of piperazine rings is 1. The number of rotatable bonds is 1. The first-order valence-corrected chi connectivity index (χ1v) is 4.79. The molecule has 0 saturated carbocycles. The van der Waals surface area contributed by atoms with Crippen LogP contribution in [0.1, 0.15) is 20.8 Å². The zero-order valence-electron chi connectivity index (χ0n) is 8.54. The van der Waals surface area contributed by atoms with Crippen LogP contribution in [0, 0.1) is 0 Å². The lowest BCUT2D eigenvalue weighted by Crippen LogP contribution is -2.52. The number of ether oxygens (including phenoxy) is 1. The summed E-state index contributed by atoms with van der Waals surface area (Å²) >= 11 is 0. The molecule has 0 aromatic carbocycles. The van der Waals surface area contributed by atoms with Crippen molar-refractivity contribution in [3.05, 3.63) is 0 Å². The zero-order chi connectivity index (χ0) is 9.84. The monoisotopic (exact) mass is 186 g/mol. The van der Waals surface area contributed by atoms with Gasteiger partial charge in [-0.25, -0.2) is 4.79 Å². The Hall–Kier alpha value is -0.770. The second-order valence-corrected chi connectivity index (χ2v) is 3.68. The van der Waals surface area contributed by atoms with Gasteiger partial charge >= 0.3 is 6.09 Å². The summed E-state index contributed by atoms with van der Waals surface area (Å²) in [4.78, 5) is 13.3. The van der Waals surface area contributed by atoms with Crippen LogP contribution in [0.5, 0.6) is 0 Å². The lowest BCUT2D eigenvalue weighted by molar-refractivity contribution is 0.0596. The number of hydrogen-bond acceptors (Lipinski definition) is 3. The first-order valence-electron chi connectivity index (χ1n) is 4.79. The summed E-state index contributed by atoms with van der Waals surface area (Å²) in [6.07, 6.45) is -0.224. The van der Waals surface area contributed by atoms with Crippen molar-refractivity contribution < 1.29 is 9.53 Å². The molecule has 0 radical (unpaired) electrons. The smallest absolute Gasteiger partial charge is 0.410 e. The van der Waals surface area contributed by atoms with Crippen molar-refractivity contribution in [2.24, 2.45) is 0 Å². The van der Waals surface area contributed by atoms with Gasteiger partial charge in [-0.15, -0.1) is 0 Å². The summed E-state index contributed by atoms with van der Waals surface area (Å²) in [5, 5.41) is 3.22. The van der Waals surface area contributed by atoms with E-state index in [-0.39, 0.29) is 18.2 Å². The highest BCUT2D eigenvalue weighted by atomic mass is 16.6. The van der Waals surface area contributed by atoms with Gasteiger partial charge in [0.25, 0.3) is 0 Å². The quantitative estimate of drug-likeness (QED) is 0.659. The fourth-order valence-corrected chi connectivity index (χ4v) is 1.38. The van der Waals surface area contributed by atoms with Crippen LogP contribution in [0.4, 0.5) is 4.79 Å². The Labute approximate surface area is 79.2 Å². The minimum atomic E-state index is -0.191. The van der Waals surface area contributed by atoms with Gasteiger partial charge in [-0.1, -0.05) is 0 Å². The van der Waals surface area contributed by atoms with E-state index < -0.39 is 0 Å². The van der Waals surface area contributed by atoms with Gasteiger partial charge in [-0.05, 0) is 20.8 Å². The SMILES string of the molecule is CC(C)OC(=O)N1CCNC[C@@H]1C. The van der Waals surface area contributed by atoms with Crippen LogP contribution in [0.15, 0.2) is 0 Å². The third kappa shape index (κ3) is 2.88. The molecule has 1 heterocycles. The summed E-state index contributed by atoms with van der Waals surface area (Å²) in [6.45, 7) is 8.21. The van der Waals surface area contributed by atoms with E-state index in [2.05, 4.69) is 5.32 Å². The number of nitrogens with one attached hydrogen (secondary N) is 1. The molecule has 1 saturated heterocycles. The standard InChI is InChI=1S/C9H18N2O2/c1-7(2)13-9(12)11-5-4-10-6-8(11)3/h7-8,10H,4-6H2,1-3H3/t8-/m0/s1. The molecule has 0 aromatic heterocycles. The van der Waals surface area contributed by atoms with Crippen molar-refractivity contribution in [3.63, 3.8) is 0 Å². The highest BCUT2D eigenvalue weighted by Gasteiger charge is 2.24. The summed E-state index contributed by atoms with van der Waals surface area (Å²) in [5.74, 6) is 0. The highest BCUT2D eigenvalue weighted by molar-refractivity contribution is 5.68. The van der Waals surface area contributed by atoms with E-state index in [0.717, 1.165) is 19.6 Å². The number of amides is 1. The Morgan fingerprint density at radius 1 is 1.62 bits per heavy atom. The molecule has 1 rings (SSSR count). The van der Waals surface area contributed by atoms with Crippen LogP contribution in [0.3, 0.4) is 0 Å². The molecular weight excluding hydrogens is 168 g/mol. The van der Waals surface area contributed by atoms with E-state index in [1.54, 1.807) is 4.90 Å². The largest absolute Gasteiger partial charge is 0.447 e. The first-order chi connectivity index (χ1) is 6.11. The van der Waals surface area contributed by atoms with Crippen molar-refractivity contribution in [2.45, 2.75) is 32.9 Å². The van der Waals surface area contributed by atoms with E-state index in [0.29, 0.717) is 0 Å². The van der Waals surface area contributed by atoms with Gasteiger partial charge in [0.1, 0.15) is 0 Å². The average molecular weight is 186 g/mol. The number of carbonyl (C=O) groups excluding carboxylic acids is 1. The minimum absolute atomic E-state index is 0.0328. The molecule has 0 spiro atoms. The van der Waals surface area contributed by atoms with Gasteiger partial charge in [-0.3, -0.25) is 0 Å². The Morgan fingerprint density at radius 2 is 2.31 bits per heavy atom. The van der Waals surface area contributed by atoms with Crippen LogP contribution in [0.25, 0.3) is 0 Å². The van der Waals surface area contributed by atoms with Crippen molar-refractivity contribution in [1.82, 2.24) is 10.2 Å². The fraction of sp³-hybridized carbons (Fsp3) is 0.889. The van der Waals surface area contributed by atoms with E-state index in [1.807, 2.05) is 20.8 Å². The Bertz CT molecular complexity index is 182. The number of carbonyl (C=O) groups is 1. The number of nitrogens with zero attached hydrogens (tertiary/aromatic N) is 1. The van der Waals surface area contributed by atoms with Crippen molar-refractivity contribution in [2.75, 3.05) is 19.6 Å². The lowest BCUT2D eigenvalue weighted by atomic mass is 10.2. The van der Waals surface area contributed by atoms with Gasteiger partial charge < -0.3 is 15.0 Å². The predicted octanol–water partition coefficient (Wildman–Crippen LogP) is 0.825. The molecular formula is C9H18N2O2. The molecule has 1 aliphatic heterocycles. The first kappa shape index (κ1) is 10.3. The second kappa shape index (κ2) is 4.46. The van der Waals surface area contributed by atoms with Crippen LogP contribution in [-0.4, -0.2) is 42.8 Å².